The van der Waals surface area contributed by atoms with E-state index in [0.29, 0.717) is 11.7 Å². The number of fused-ring (bicyclic) bond motifs is 1. The molecule has 0 atom stereocenters. The van der Waals surface area contributed by atoms with E-state index in [1.807, 2.05) is 17.7 Å². The van der Waals surface area contributed by atoms with E-state index in [4.69, 9.17) is 5.11 Å². The number of nitrogens with zero attached hydrogens (tertiary/aromatic N) is 2. The van der Waals surface area contributed by atoms with Gasteiger partial charge in [-0.15, -0.1) is 0 Å². The van der Waals surface area contributed by atoms with Crippen LogP contribution in [0, 0.1) is 0 Å². The van der Waals surface area contributed by atoms with Crippen LogP contribution in [0.5, 0.6) is 0 Å². The summed E-state index contributed by atoms with van der Waals surface area (Å²) in [4.78, 5) is 14.9. The van der Waals surface area contributed by atoms with Crippen LogP contribution >= 0.6 is 0 Å². The molecular weight excluding hydrogens is 228 g/mol. The molecule has 4 nitrogen and oxygen atoms in total. The van der Waals surface area contributed by atoms with Crippen molar-refractivity contribution in [2.75, 3.05) is 0 Å². The van der Waals surface area contributed by atoms with Gasteiger partial charge in [0.1, 0.15) is 5.82 Å². The van der Waals surface area contributed by atoms with Crippen molar-refractivity contribution in [1.29, 1.82) is 0 Å². The first-order chi connectivity index (χ1) is 8.49. The zero-order chi connectivity index (χ0) is 13.3. The van der Waals surface area contributed by atoms with E-state index < -0.39 is 5.97 Å². The van der Waals surface area contributed by atoms with E-state index in [0.717, 1.165) is 17.1 Å². The molecule has 0 radical (unpaired) electrons. The van der Waals surface area contributed by atoms with Gasteiger partial charge in [-0.2, -0.15) is 0 Å². The number of rotatable bonds is 3. The van der Waals surface area contributed by atoms with E-state index >= 15 is 0 Å². The first-order valence-electron chi connectivity index (χ1n) is 5.86. The van der Waals surface area contributed by atoms with Gasteiger partial charge in [-0.05, 0) is 29.7 Å². The predicted octanol–water partition coefficient (Wildman–Crippen LogP) is 2.79. The predicted molar refractivity (Wildman–Crippen MR) is 71.5 cm³/mol. The molecule has 4 heteroatoms. The molecule has 0 aliphatic heterocycles. The van der Waals surface area contributed by atoms with Gasteiger partial charge in [0.15, 0.2) is 0 Å². The quantitative estimate of drug-likeness (QED) is 0.845. The van der Waals surface area contributed by atoms with Gasteiger partial charge >= 0.3 is 5.97 Å². The smallest absolute Gasteiger partial charge is 0.328 e. The highest BCUT2D eigenvalue weighted by Crippen LogP contribution is 2.22. The topological polar surface area (TPSA) is 55.1 Å². The Labute approximate surface area is 106 Å². The summed E-state index contributed by atoms with van der Waals surface area (Å²) in [6.45, 7) is 4.28. The summed E-state index contributed by atoms with van der Waals surface area (Å²) in [7, 11) is 1.89. The Morgan fingerprint density at radius 1 is 1.44 bits per heavy atom. The maximum atomic E-state index is 10.5. The van der Waals surface area contributed by atoms with Gasteiger partial charge in [-0.1, -0.05) is 19.9 Å². The molecule has 0 spiro atoms. The Morgan fingerprint density at radius 3 is 2.78 bits per heavy atom. The molecule has 2 rings (SSSR count). The van der Waals surface area contributed by atoms with Crippen molar-refractivity contribution in [2.24, 2.45) is 7.05 Å². The number of imidazole rings is 1. The second kappa shape index (κ2) is 4.64. The largest absolute Gasteiger partial charge is 0.478 e. The van der Waals surface area contributed by atoms with Crippen LogP contribution in [-0.4, -0.2) is 20.6 Å². The molecule has 0 aliphatic carbocycles. The lowest BCUT2D eigenvalue weighted by molar-refractivity contribution is -0.131. The average molecular weight is 244 g/mol. The lowest BCUT2D eigenvalue weighted by Gasteiger charge is -2.05. The van der Waals surface area contributed by atoms with Crippen molar-refractivity contribution >= 4 is 23.1 Å². The first kappa shape index (κ1) is 12.4. The van der Waals surface area contributed by atoms with Crippen LogP contribution in [0.2, 0.25) is 0 Å². The average Bonchev–Trinajstić information content (AvgIpc) is 2.63. The monoisotopic (exact) mass is 244 g/mol. The Hall–Kier alpha value is -2.10. The molecule has 2 aromatic rings. The normalized spacial score (nSPS) is 11.8. The molecule has 0 fully saturated rings. The zero-order valence-corrected chi connectivity index (χ0v) is 10.7. The maximum absolute atomic E-state index is 10.5. The highest BCUT2D eigenvalue weighted by molar-refractivity contribution is 5.86. The third kappa shape index (κ3) is 2.27. The number of aromatic nitrogens is 2. The van der Waals surface area contributed by atoms with Gasteiger partial charge < -0.3 is 9.67 Å². The fourth-order valence-corrected chi connectivity index (χ4v) is 1.88. The molecule has 1 heterocycles. The van der Waals surface area contributed by atoms with Gasteiger partial charge in [-0.25, -0.2) is 9.78 Å². The summed E-state index contributed by atoms with van der Waals surface area (Å²) in [5.41, 5.74) is 3.15. The summed E-state index contributed by atoms with van der Waals surface area (Å²) in [6.07, 6.45) is 2.61. The van der Waals surface area contributed by atoms with Crippen LogP contribution in [0.1, 0.15) is 31.2 Å². The van der Waals surface area contributed by atoms with E-state index in [1.54, 1.807) is 0 Å². The molecule has 0 unspecified atom stereocenters. The summed E-state index contributed by atoms with van der Waals surface area (Å²) >= 11 is 0. The van der Waals surface area contributed by atoms with E-state index in [2.05, 4.69) is 31.0 Å². The van der Waals surface area contributed by atoms with Gasteiger partial charge in [0.25, 0.3) is 0 Å². The van der Waals surface area contributed by atoms with Crippen LogP contribution in [0.15, 0.2) is 24.3 Å². The number of hydrogen-bond acceptors (Lipinski definition) is 2. The molecule has 1 N–H and O–H groups in total. The van der Waals surface area contributed by atoms with E-state index in [-0.39, 0.29) is 0 Å². The molecule has 1 aromatic heterocycles. The molecule has 0 saturated carbocycles. The van der Waals surface area contributed by atoms with Crippen LogP contribution in [0.4, 0.5) is 0 Å². The third-order valence-electron chi connectivity index (χ3n) is 2.98. The molecule has 18 heavy (non-hydrogen) atoms. The standard InChI is InChI=1S/C14H16N2O2/c1-9(2)10-4-5-11-12(8-10)16(3)13(15-11)6-7-14(17)18/h4-9H,1-3H3,(H,17,18)/b7-6+. The Balaban J connectivity index is 2.53. The highest BCUT2D eigenvalue weighted by Gasteiger charge is 2.08. The van der Waals surface area contributed by atoms with Crippen molar-refractivity contribution < 1.29 is 9.90 Å². The SMILES string of the molecule is CC(C)c1ccc2nc(/C=C/C(=O)O)n(C)c2c1. The Kier molecular flexibility index (Phi) is 3.19. The molecule has 94 valence electrons. The van der Waals surface area contributed by atoms with E-state index in [1.165, 1.54) is 11.6 Å². The first-order valence-corrected chi connectivity index (χ1v) is 5.86. The Morgan fingerprint density at radius 2 is 2.17 bits per heavy atom. The number of aryl methyl sites for hydroxylation is 1. The van der Waals surface area contributed by atoms with Crippen LogP contribution in [-0.2, 0) is 11.8 Å². The summed E-state index contributed by atoms with van der Waals surface area (Å²) in [5, 5.41) is 8.63. The number of hydrogen-bond donors (Lipinski definition) is 1. The van der Waals surface area contributed by atoms with Crippen LogP contribution < -0.4 is 0 Å². The lowest BCUT2D eigenvalue weighted by atomic mass is 10.0. The molecule has 0 amide bonds. The minimum absolute atomic E-state index is 0.460. The Bertz CT molecular complexity index is 624. The van der Waals surface area contributed by atoms with Gasteiger partial charge in [0.05, 0.1) is 11.0 Å². The summed E-state index contributed by atoms with van der Waals surface area (Å²) < 4.78 is 1.90. The number of carbonyl (C=O) groups is 1. The lowest BCUT2D eigenvalue weighted by Crippen LogP contribution is -1.94. The van der Waals surface area contributed by atoms with Crippen molar-refractivity contribution in [3.8, 4) is 0 Å². The number of carboxylic acid groups (broad SMARTS) is 1. The third-order valence-corrected chi connectivity index (χ3v) is 2.98. The second-order valence-corrected chi connectivity index (χ2v) is 4.60. The van der Waals surface area contributed by atoms with Crippen LogP contribution in [0.3, 0.4) is 0 Å². The van der Waals surface area contributed by atoms with Gasteiger partial charge in [0.2, 0.25) is 0 Å². The molecule has 0 saturated heterocycles. The number of carboxylic acids is 1. The molecule has 0 aliphatic rings. The van der Waals surface area contributed by atoms with Crippen molar-refractivity contribution in [3.05, 3.63) is 35.7 Å². The highest BCUT2D eigenvalue weighted by atomic mass is 16.4. The maximum Gasteiger partial charge on any atom is 0.328 e. The fraction of sp³-hybridized carbons (Fsp3) is 0.286. The minimum Gasteiger partial charge on any atom is -0.478 e. The van der Waals surface area contributed by atoms with E-state index in [9.17, 15) is 4.79 Å². The summed E-state index contributed by atoms with van der Waals surface area (Å²) in [6, 6.07) is 6.14. The fourth-order valence-electron chi connectivity index (χ4n) is 1.88. The van der Waals surface area contributed by atoms with Gasteiger partial charge in [-0.3, -0.25) is 0 Å². The van der Waals surface area contributed by atoms with Crippen molar-refractivity contribution in [3.63, 3.8) is 0 Å². The van der Waals surface area contributed by atoms with Crippen molar-refractivity contribution in [2.45, 2.75) is 19.8 Å². The molecular formula is C14H16N2O2. The minimum atomic E-state index is -0.968. The summed E-state index contributed by atoms with van der Waals surface area (Å²) in [5.74, 6) is 0.139. The second-order valence-electron chi connectivity index (χ2n) is 4.60. The molecule has 1 aromatic carbocycles. The zero-order valence-electron chi connectivity index (χ0n) is 10.7. The number of aliphatic carboxylic acids is 1. The number of benzene rings is 1. The van der Waals surface area contributed by atoms with Crippen LogP contribution in [0.25, 0.3) is 17.1 Å². The molecule has 0 bridgehead atoms. The van der Waals surface area contributed by atoms with Crippen molar-refractivity contribution in [1.82, 2.24) is 9.55 Å². The van der Waals surface area contributed by atoms with Gasteiger partial charge in [0, 0.05) is 13.1 Å².